The Hall–Kier alpha value is -0.970. The van der Waals surface area contributed by atoms with Gasteiger partial charge in [0.15, 0.2) is 0 Å². The van der Waals surface area contributed by atoms with Gasteiger partial charge in [0.25, 0.3) is 0 Å². The van der Waals surface area contributed by atoms with Gasteiger partial charge in [-0.15, -0.1) is 0 Å². The van der Waals surface area contributed by atoms with Crippen molar-refractivity contribution < 1.29 is 19.7 Å². The molecule has 0 radical (unpaired) electrons. The average molecular weight is 435 g/mol. The topological polar surface area (TPSA) is 60.7 Å². The molecule has 0 saturated heterocycles. The second-order valence-electron chi connectivity index (χ2n) is 11.3. The normalized spacial score (nSPS) is 39.0. The van der Waals surface area contributed by atoms with E-state index in [9.17, 15) is 19.7 Å². The van der Waals surface area contributed by atoms with Gasteiger partial charge in [-0.1, -0.05) is 38.2 Å². The van der Waals surface area contributed by atoms with Crippen molar-refractivity contribution in [2.24, 2.45) is 23.2 Å². The minimum absolute atomic E-state index is 0.251. The summed E-state index contributed by atoms with van der Waals surface area (Å²) >= 11 is 0. The standard InChI is InChI=1S/C27H43FO3/c1-17(8-13-25(31)26(3,4)28)22-11-12-23-19(7-6-14-27(22,23)5)9-10-20-15-21(29)16-24(30)18(20)2/h9-10,17,21-25,29-31H,2,6-8,11-16H2,1,3-5H3/b19-9+,20-10+/t17-,21-,22-,23+,24+,25+,27-/m1/s1. The average Bonchev–Trinajstić information content (AvgIpc) is 3.04. The molecule has 0 heterocycles. The van der Waals surface area contributed by atoms with Crippen LogP contribution >= 0.6 is 0 Å². The molecule has 0 aromatic heterocycles. The van der Waals surface area contributed by atoms with Crippen molar-refractivity contribution in [3.05, 3.63) is 35.5 Å². The maximum atomic E-state index is 14.0. The fourth-order valence-corrected chi connectivity index (χ4v) is 6.64. The fraction of sp³-hybridized carbons (Fsp3) is 0.778. The van der Waals surface area contributed by atoms with Crippen LogP contribution in [-0.2, 0) is 0 Å². The number of alkyl halides is 1. The lowest BCUT2D eigenvalue weighted by Crippen LogP contribution is -2.37. The molecule has 176 valence electrons. The predicted octanol–water partition coefficient (Wildman–Crippen LogP) is 5.65. The number of hydrogen-bond acceptors (Lipinski definition) is 3. The van der Waals surface area contributed by atoms with E-state index in [1.54, 1.807) is 0 Å². The van der Waals surface area contributed by atoms with Crippen molar-refractivity contribution in [2.45, 2.75) is 109 Å². The van der Waals surface area contributed by atoms with Crippen LogP contribution in [0, 0.1) is 23.2 Å². The summed E-state index contributed by atoms with van der Waals surface area (Å²) in [5.41, 5.74) is 1.91. The lowest BCUT2D eigenvalue weighted by Gasteiger charge is -2.44. The van der Waals surface area contributed by atoms with Crippen LogP contribution in [-0.4, -0.2) is 39.3 Å². The highest BCUT2D eigenvalue weighted by Gasteiger charge is 2.50. The Morgan fingerprint density at radius 2 is 1.94 bits per heavy atom. The monoisotopic (exact) mass is 434 g/mol. The molecule has 3 aliphatic rings. The SMILES string of the molecule is C=C1/C(=C/C=C2\CCC[C@]3(C)[C@@H]([C@H](C)CC[C@H](O)C(C)(C)F)CC[C@@H]23)C[C@@H](O)C[C@@H]1O. The molecule has 0 aromatic carbocycles. The summed E-state index contributed by atoms with van der Waals surface area (Å²) in [5, 5.41) is 30.3. The highest BCUT2D eigenvalue weighted by atomic mass is 19.1. The lowest BCUT2D eigenvalue weighted by molar-refractivity contribution is 0.00301. The van der Waals surface area contributed by atoms with Crippen molar-refractivity contribution in [3.8, 4) is 0 Å². The van der Waals surface area contributed by atoms with Gasteiger partial charge in [0.1, 0.15) is 5.67 Å². The van der Waals surface area contributed by atoms with Crippen molar-refractivity contribution in [1.29, 1.82) is 0 Å². The summed E-state index contributed by atoms with van der Waals surface area (Å²) in [6, 6.07) is 0. The zero-order valence-corrected chi connectivity index (χ0v) is 19.9. The Labute approximate surface area is 188 Å². The van der Waals surface area contributed by atoms with Crippen LogP contribution in [0.5, 0.6) is 0 Å². The zero-order chi connectivity index (χ0) is 23.0. The maximum Gasteiger partial charge on any atom is 0.131 e. The van der Waals surface area contributed by atoms with E-state index in [1.807, 2.05) is 0 Å². The van der Waals surface area contributed by atoms with Gasteiger partial charge in [-0.3, -0.25) is 0 Å². The van der Waals surface area contributed by atoms with E-state index in [2.05, 4.69) is 32.6 Å². The van der Waals surface area contributed by atoms with Gasteiger partial charge < -0.3 is 15.3 Å². The number of rotatable bonds is 6. The molecular formula is C27H43FO3. The molecular weight excluding hydrogens is 391 g/mol. The first-order valence-corrected chi connectivity index (χ1v) is 12.3. The van der Waals surface area contributed by atoms with E-state index in [1.165, 1.54) is 45.1 Å². The Kier molecular flexibility index (Phi) is 7.55. The first kappa shape index (κ1) is 24.7. The van der Waals surface area contributed by atoms with Gasteiger partial charge in [-0.25, -0.2) is 4.39 Å². The molecule has 0 unspecified atom stereocenters. The molecule has 0 aromatic rings. The second kappa shape index (κ2) is 9.49. The van der Waals surface area contributed by atoms with Crippen molar-refractivity contribution in [1.82, 2.24) is 0 Å². The smallest absolute Gasteiger partial charge is 0.131 e. The van der Waals surface area contributed by atoms with E-state index in [0.717, 1.165) is 24.0 Å². The fourth-order valence-electron chi connectivity index (χ4n) is 6.64. The third-order valence-electron chi connectivity index (χ3n) is 8.68. The number of aliphatic hydroxyl groups excluding tert-OH is 3. The number of fused-ring (bicyclic) bond motifs is 1. The van der Waals surface area contributed by atoms with Crippen LogP contribution in [0.1, 0.15) is 85.5 Å². The molecule has 0 bridgehead atoms. The summed E-state index contributed by atoms with van der Waals surface area (Å²) < 4.78 is 14.0. The van der Waals surface area contributed by atoms with E-state index in [4.69, 9.17) is 0 Å². The lowest BCUT2D eigenvalue weighted by atomic mass is 9.60. The number of hydrogen-bond donors (Lipinski definition) is 3. The van der Waals surface area contributed by atoms with Gasteiger partial charge in [0.05, 0.1) is 18.3 Å². The van der Waals surface area contributed by atoms with Gasteiger partial charge in [0.2, 0.25) is 0 Å². The minimum Gasteiger partial charge on any atom is -0.393 e. The molecule has 3 fully saturated rings. The molecule has 0 spiro atoms. The van der Waals surface area contributed by atoms with E-state index < -0.39 is 24.0 Å². The van der Waals surface area contributed by atoms with Gasteiger partial charge in [-0.2, -0.15) is 0 Å². The van der Waals surface area contributed by atoms with Gasteiger partial charge in [-0.05, 0) is 99.5 Å². The Morgan fingerprint density at radius 3 is 2.61 bits per heavy atom. The highest BCUT2D eigenvalue weighted by Crippen LogP contribution is 2.60. The third kappa shape index (κ3) is 5.34. The summed E-state index contributed by atoms with van der Waals surface area (Å²) in [6.07, 6.45) is 10.5. The molecule has 0 amide bonds. The largest absolute Gasteiger partial charge is 0.393 e. The molecule has 3 nitrogen and oxygen atoms in total. The quantitative estimate of drug-likeness (QED) is 0.506. The molecule has 3 rings (SSSR count). The van der Waals surface area contributed by atoms with E-state index in [-0.39, 0.29) is 5.41 Å². The van der Waals surface area contributed by atoms with Crippen molar-refractivity contribution in [3.63, 3.8) is 0 Å². The van der Waals surface area contributed by atoms with Gasteiger partial charge in [0, 0.05) is 6.42 Å². The Bertz CT molecular complexity index is 718. The zero-order valence-electron chi connectivity index (χ0n) is 19.9. The highest BCUT2D eigenvalue weighted by molar-refractivity contribution is 5.38. The molecule has 3 aliphatic carbocycles. The molecule has 4 heteroatoms. The second-order valence-corrected chi connectivity index (χ2v) is 11.3. The van der Waals surface area contributed by atoms with E-state index in [0.29, 0.717) is 37.0 Å². The van der Waals surface area contributed by atoms with Crippen LogP contribution in [0.2, 0.25) is 0 Å². The first-order valence-electron chi connectivity index (χ1n) is 12.3. The number of allylic oxidation sites excluding steroid dienone is 3. The number of halogens is 1. The van der Waals surface area contributed by atoms with Crippen LogP contribution in [0.3, 0.4) is 0 Å². The third-order valence-corrected chi connectivity index (χ3v) is 8.68. The van der Waals surface area contributed by atoms with E-state index >= 15 is 0 Å². The first-order chi connectivity index (χ1) is 14.4. The summed E-state index contributed by atoms with van der Waals surface area (Å²) in [5.74, 6) is 1.62. The van der Waals surface area contributed by atoms with Gasteiger partial charge >= 0.3 is 0 Å². The predicted molar refractivity (Wildman–Crippen MR) is 124 cm³/mol. The molecule has 7 atom stereocenters. The van der Waals surface area contributed by atoms with Crippen molar-refractivity contribution in [2.75, 3.05) is 0 Å². The molecule has 31 heavy (non-hydrogen) atoms. The van der Waals surface area contributed by atoms with Crippen LogP contribution in [0.4, 0.5) is 4.39 Å². The summed E-state index contributed by atoms with van der Waals surface area (Å²) in [6.45, 7) is 11.7. The summed E-state index contributed by atoms with van der Waals surface area (Å²) in [4.78, 5) is 0. The molecule has 0 aliphatic heterocycles. The Morgan fingerprint density at radius 1 is 1.23 bits per heavy atom. The maximum absolute atomic E-state index is 14.0. The Balaban J connectivity index is 1.71. The summed E-state index contributed by atoms with van der Waals surface area (Å²) in [7, 11) is 0. The minimum atomic E-state index is -1.54. The van der Waals surface area contributed by atoms with Crippen LogP contribution in [0.15, 0.2) is 35.5 Å². The van der Waals surface area contributed by atoms with Crippen LogP contribution in [0.25, 0.3) is 0 Å². The number of aliphatic hydroxyl groups is 3. The molecule has 3 N–H and O–H groups in total. The molecule has 3 saturated carbocycles. The van der Waals surface area contributed by atoms with Crippen molar-refractivity contribution >= 4 is 0 Å². The van der Waals surface area contributed by atoms with Crippen LogP contribution < -0.4 is 0 Å².